The van der Waals surface area contributed by atoms with Crippen LogP contribution < -0.4 is 0 Å². The van der Waals surface area contributed by atoms with Crippen LogP contribution in [0.25, 0.3) is 0 Å². The van der Waals surface area contributed by atoms with E-state index in [0.717, 1.165) is 13.1 Å². The van der Waals surface area contributed by atoms with Crippen molar-refractivity contribution in [3.8, 4) is 0 Å². The van der Waals surface area contributed by atoms with Gasteiger partial charge < -0.3 is 29.1 Å². The number of fused-ring (bicyclic) bond motifs is 1. The van der Waals surface area contributed by atoms with E-state index in [4.69, 9.17) is 14.2 Å². The fourth-order valence-electron chi connectivity index (χ4n) is 7.04. The number of hydrogen-bond donors (Lipinski definition) is 1. The summed E-state index contributed by atoms with van der Waals surface area (Å²) in [5, 5.41) is 10.2. The van der Waals surface area contributed by atoms with E-state index in [1.165, 1.54) is 4.90 Å². The Morgan fingerprint density at radius 2 is 2.00 bits per heavy atom. The van der Waals surface area contributed by atoms with Crippen LogP contribution in [-0.2, 0) is 28.6 Å². The molecule has 37 heavy (non-hydrogen) atoms. The number of carbonyl (C=O) groups is 3. The zero-order valence-electron chi connectivity index (χ0n) is 22.5. The molecule has 4 rings (SSSR count). The summed E-state index contributed by atoms with van der Waals surface area (Å²) in [5.74, 6) is -2.52. The van der Waals surface area contributed by atoms with Crippen molar-refractivity contribution in [2.45, 2.75) is 69.7 Å². The number of ether oxygens (including phenoxy) is 3. The van der Waals surface area contributed by atoms with Crippen LogP contribution in [0.3, 0.4) is 0 Å². The third kappa shape index (κ3) is 4.60. The Balaban J connectivity index is 1.71. The summed E-state index contributed by atoms with van der Waals surface area (Å²) in [6.07, 6.45) is 3.81. The Hall–Kier alpha value is -2.01. The van der Waals surface area contributed by atoms with Gasteiger partial charge in [0.1, 0.15) is 17.6 Å². The third-order valence-corrected chi connectivity index (χ3v) is 8.92. The van der Waals surface area contributed by atoms with E-state index in [2.05, 4.69) is 11.5 Å². The highest BCUT2D eigenvalue weighted by atomic mass is 16.6. The highest BCUT2D eigenvalue weighted by Crippen LogP contribution is 2.64. The maximum Gasteiger partial charge on any atom is 0.312 e. The van der Waals surface area contributed by atoms with Gasteiger partial charge in [0.05, 0.1) is 44.0 Å². The molecule has 6 atom stereocenters. The minimum absolute atomic E-state index is 0.206. The van der Waals surface area contributed by atoms with Crippen molar-refractivity contribution in [2.24, 2.45) is 11.8 Å². The lowest BCUT2D eigenvalue weighted by molar-refractivity contribution is -0.163. The first-order valence-electron chi connectivity index (χ1n) is 13.8. The molecule has 0 aromatic heterocycles. The van der Waals surface area contributed by atoms with Gasteiger partial charge in [0, 0.05) is 32.7 Å². The minimum Gasteiger partial charge on any atom is -0.466 e. The molecule has 0 saturated carbocycles. The van der Waals surface area contributed by atoms with E-state index in [1.54, 1.807) is 17.9 Å². The van der Waals surface area contributed by atoms with E-state index in [9.17, 15) is 19.5 Å². The third-order valence-electron chi connectivity index (χ3n) is 8.92. The molecule has 4 fully saturated rings. The molecule has 208 valence electrons. The summed E-state index contributed by atoms with van der Waals surface area (Å²) in [4.78, 5) is 47.3. The van der Waals surface area contributed by atoms with Gasteiger partial charge in [-0.2, -0.15) is 0 Å². The molecule has 2 amide bonds. The average molecular weight is 522 g/mol. The van der Waals surface area contributed by atoms with Crippen molar-refractivity contribution >= 4 is 17.8 Å². The lowest BCUT2D eigenvalue weighted by Gasteiger charge is -2.40. The lowest BCUT2D eigenvalue weighted by Crippen LogP contribution is -2.59. The predicted molar refractivity (Wildman–Crippen MR) is 136 cm³/mol. The van der Waals surface area contributed by atoms with Crippen molar-refractivity contribution in [1.82, 2.24) is 14.7 Å². The molecule has 2 bridgehead atoms. The van der Waals surface area contributed by atoms with Crippen LogP contribution in [-0.4, -0.2) is 120 Å². The number of aliphatic hydroxyl groups excluding tert-OH is 1. The molecule has 0 aliphatic carbocycles. The number of likely N-dealkylation sites (tertiary alicyclic amines) is 1. The molecule has 10 nitrogen and oxygen atoms in total. The smallest absolute Gasteiger partial charge is 0.312 e. The standard InChI is InChI=1S/C27H43N3O7/c1-5-11-29(13-12-28-14-16-35-17-15-28)24(33)22-27-10-9-26(7-3,37-27)21(25(34)36-8-4)20(27)23(32)30(22)19(6-2)18-31/h5,19-22,31H,1,6-18H2,2-4H3/t19-,20-,21+,22?,26-,27?/m0/s1. The molecular weight excluding hydrogens is 478 g/mol. The lowest BCUT2D eigenvalue weighted by atomic mass is 9.65. The zero-order chi connectivity index (χ0) is 26.8. The number of morpholine rings is 1. The van der Waals surface area contributed by atoms with E-state index in [-0.39, 0.29) is 25.0 Å². The van der Waals surface area contributed by atoms with Gasteiger partial charge in [-0.05, 0) is 32.6 Å². The number of amides is 2. The summed E-state index contributed by atoms with van der Waals surface area (Å²) in [6, 6.07) is -1.46. The predicted octanol–water partition coefficient (Wildman–Crippen LogP) is 0.822. The Morgan fingerprint density at radius 3 is 2.59 bits per heavy atom. The first-order valence-corrected chi connectivity index (χ1v) is 13.8. The highest BCUT2D eigenvalue weighted by Gasteiger charge is 2.79. The molecule has 4 heterocycles. The number of rotatable bonds is 12. The Bertz CT molecular complexity index is 874. The SMILES string of the molecule is C=CCN(CCN1CCOCC1)C(=O)C1N([C@@H](CC)CO)C(=O)[C@@H]2[C@H](C(=O)OCC)[C@]3(CC)CCC12O3. The molecule has 4 aliphatic heterocycles. The monoisotopic (exact) mass is 521 g/mol. The molecular formula is C27H43N3O7. The van der Waals surface area contributed by atoms with Crippen LogP contribution in [0, 0.1) is 11.8 Å². The van der Waals surface area contributed by atoms with Gasteiger partial charge in [0.25, 0.3) is 0 Å². The quantitative estimate of drug-likeness (QED) is 0.297. The van der Waals surface area contributed by atoms with Crippen LogP contribution >= 0.6 is 0 Å². The topological polar surface area (TPSA) is 109 Å². The summed E-state index contributed by atoms with van der Waals surface area (Å²) in [5.41, 5.74) is -1.95. The first kappa shape index (κ1) is 28.0. The average Bonchev–Trinajstić information content (AvgIpc) is 3.52. The van der Waals surface area contributed by atoms with Crippen LogP contribution in [0.15, 0.2) is 12.7 Å². The second-order valence-corrected chi connectivity index (χ2v) is 10.6. The van der Waals surface area contributed by atoms with Gasteiger partial charge in [-0.3, -0.25) is 19.3 Å². The zero-order valence-corrected chi connectivity index (χ0v) is 22.5. The van der Waals surface area contributed by atoms with Crippen molar-refractivity contribution < 1.29 is 33.7 Å². The minimum atomic E-state index is -1.12. The molecule has 4 saturated heterocycles. The normalized spacial score (nSPS) is 33.9. The molecule has 1 N–H and O–H groups in total. The van der Waals surface area contributed by atoms with Crippen LogP contribution in [0.1, 0.15) is 46.5 Å². The Kier molecular flexibility index (Phi) is 8.62. The Morgan fingerprint density at radius 1 is 1.27 bits per heavy atom. The van der Waals surface area contributed by atoms with Gasteiger partial charge in [0.2, 0.25) is 11.8 Å². The summed E-state index contributed by atoms with van der Waals surface area (Å²) in [7, 11) is 0. The van der Waals surface area contributed by atoms with Crippen molar-refractivity contribution in [2.75, 3.05) is 59.2 Å². The van der Waals surface area contributed by atoms with Gasteiger partial charge in [0.15, 0.2) is 0 Å². The molecule has 10 heteroatoms. The van der Waals surface area contributed by atoms with Gasteiger partial charge in [-0.25, -0.2) is 0 Å². The number of carbonyl (C=O) groups excluding carboxylic acids is 3. The summed E-state index contributed by atoms with van der Waals surface area (Å²) < 4.78 is 17.6. The Labute approximate surface area is 219 Å². The van der Waals surface area contributed by atoms with Gasteiger partial charge >= 0.3 is 5.97 Å². The van der Waals surface area contributed by atoms with Gasteiger partial charge in [-0.1, -0.05) is 19.9 Å². The number of aliphatic hydroxyl groups is 1. The van der Waals surface area contributed by atoms with E-state index in [1.807, 2.05) is 13.8 Å². The maximum atomic E-state index is 14.4. The van der Waals surface area contributed by atoms with Crippen LogP contribution in [0.5, 0.6) is 0 Å². The van der Waals surface area contributed by atoms with Gasteiger partial charge in [-0.15, -0.1) is 6.58 Å². The number of esters is 1. The molecule has 0 aromatic rings. The largest absolute Gasteiger partial charge is 0.466 e. The van der Waals surface area contributed by atoms with E-state index >= 15 is 0 Å². The second-order valence-electron chi connectivity index (χ2n) is 10.6. The number of nitrogens with zero attached hydrogens (tertiary/aromatic N) is 3. The maximum absolute atomic E-state index is 14.4. The fraction of sp³-hybridized carbons (Fsp3) is 0.815. The van der Waals surface area contributed by atoms with Crippen LogP contribution in [0.4, 0.5) is 0 Å². The molecule has 2 unspecified atom stereocenters. The molecule has 1 spiro atoms. The fourth-order valence-corrected chi connectivity index (χ4v) is 7.04. The summed E-state index contributed by atoms with van der Waals surface area (Å²) >= 11 is 0. The molecule has 4 aliphatic rings. The molecule has 0 aromatic carbocycles. The van der Waals surface area contributed by atoms with Crippen molar-refractivity contribution in [3.05, 3.63) is 12.7 Å². The highest BCUT2D eigenvalue weighted by molar-refractivity contribution is 5.98. The van der Waals surface area contributed by atoms with E-state index < -0.39 is 41.1 Å². The summed E-state index contributed by atoms with van der Waals surface area (Å²) in [6.45, 7) is 13.8. The van der Waals surface area contributed by atoms with Crippen molar-refractivity contribution in [1.29, 1.82) is 0 Å². The number of hydrogen-bond acceptors (Lipinski definition) is 8. The van der Waals surface area contributed by atoms with Crippen molar-refractivity contribution in [3.63, 3.8) is 0 Å². The molecule has 0 radical (unpaired) electrons. The second kappa shape index (κ2) is 11.4. The van der Waals surface area contributed by atoms with E-state index in [0.29, 0.717) is 58.5 Å². The first-order chi connectivity index (χ1) is 17.8. The van der Waals surface area contributed by atoms with Crippen LogP contribution in [0.2, 0.25) is 0 Å².